The van der Waals surface area contributed by atoms with Gasteiger partial charge in [0.05, 0.1) is 6.42 Å². The lowest BCUT2D eigenvalue weighted by molar-refractivity contribution is -0.139. The summed E-state index contributed by atoms with van der Waals surface area (Å²) < 4.78 is 36.1. The summed E-state index contributed by atoms with van der Waals surface area (Å²) in [5.74, 6) is 0.856. The molecule has 2 rings (SSSR count). The van der Waals surface area contributed by atoms with Gasteiger partial charge in [-0.25, -0.2) is 0 Å². The lowest BCUT2D eigenvalue weighted by Gasteiger charge is -2.36. The Bertz CT molecular complexity index is 215. The molecule has 0 aromatic rings. The van der Waals surface area contributed by atoms with Crippen molar-refractivity contribution in [1.29, 1.82) is 0 Å². The molecule has 5 heteroatoms. The van der Waals surface area contributed by atoms with Crippen molar-refractivity contribution >= 4 is 0 Å². The normalized spacial score (nSPS) is 37.2. The second-order valence-corrected chi connectivity index (χ2v) is 4.80. The van der Waals surface area contributed by atoms with Gasteiger partial charge in [-0.05, 0) is 24.7 Å². The van der Waals surface area contributed by atoms with Crippen molar-refractivity contribution in [3.05, 3.63) is 0 Å². The third kappa shape index (κ3) is 2.64. The van der Waals surface area contributed by atoms with Crippen molar-refractivity contribution in [2.45, 2.75) is 31.5 Å². The van der Waals surface area contributed by atoms with Crippen molar-refractivity contribution in [3.63, 3.8) is 0 Å². The van der Waals surface area contributed by atoms with Crippen LogP contribution in [0.2, 0.25) is 0 Å². The summed E-state index contributed by atoms with van der Waals surface area (Å²) in [7, 11) is 0. The van der Waals surface area contributed by atoms with E-state index in [2.05, 4.69) is 0 Å². The van der Waals surface area contributed by atoms with Crippen molar-refractivity contribution in [1.82, 2.24) is 4.90 Å². The van der Waals surface area contributed by atoms with Gasteiger partial charge in [0.25, 0.3) is 0 Å². The van der Waals surface area contributed by atoms with Crippen LogP contribution in [0.5, 0.6) is 0 Å². The molecule has 1 aliphatic heterocycles. The molecule has 0 aromatic heterocycles. The van der Waals surface area contributed by atoms with Gasteiger partial charge in [0.2, 0.25) is 0 Å². The summed E-state index contributed by atoms with van der Waals surface area (Å²) in [6.07, 6.45) is -2.54. The zero-order valence-electron chi connectivity index (χ0n) is 8.63. The molecule has 2 N–H and O–H groups in total. The van der Waals surface area contributed by atoms with Crippen LogP contribution >= 0.6 is 0 Å². The molecule has 0 radical (unpaired) electrons. The maximum absolute atomic E-state index is 12.0. The Labute approximate surface area is 87.6 Å². The average Bonchev–Trinajstić information content (AvgIpc) is 2.39. The predicted molar refractivity (Wildman–Crippen MR) is 51.3 cm³/mol. The van der Waals surface area contributed by atoms with Gasteiger partial charge in [0, 0.05) is 25.7 Å². The molecule has 2 bridgehead atoms. The van der Waals surface area contributed by atoms with Crippen molar-refractivity contribution in [3.8, 4) is 0 Å². The van der Waals surface area contributed by atoms with Crippen molar-refractivity contribution in [2.75, 3.05) is 19.6 Å². The van der Waals surface area contributed by atoms with Gasteiger partial charge >= 0.3 is 6.18 Å². The standard InChI is InChI=1S/C10H17F3N2/c11-10(12,13)3-4-15-5-7-1-2-8(6-15)9(7)14/h7-9H,1-6,14H2. The number of nitrogens with two attached hydrogens (primary N) is 1. The molecule has 1 saturated carbocycles. The molecule has 2 unspecified atom stereocenters. The van der Waals surface area contributed by atoms with E-state index >= 15 is 0 Å². The van der Waals surface area contributed by atoms with Crippen LogP contribution in [0.25, 0.3) is 0 Å². The second-order valence-electron chi connectivity index (χ2n) is 4.80. The number of likely N-dealkylation sites (tertiary alicyclic amines) is 1. The van der Waals surface area contributed by atoms with Gasteiger partial charge in [0.1, 0.15) is 0 Å². The quantitative estimate of drug-likeness (QED) is 0.769. The molecular formula is C10H17F3N2. The zero-order valence-corrected chi connectivity index (χ0v) is 8.63. The fourth-order valence-electron chi connectivity index (χ4n) is 2.83. The number of alkyl halides is 3. The van der Waals surface area contributed by atoms with E-state index in [0.29, 0.717) is 11.8 Å². The fourth-order valence-corrected chi connectivity index (χ4v) is 2.83. The maximum atomic E-state index is 12.0. The molecule has 2 fully saturated rings. The van der Waals surface area contributed by atoms with Gasteiger partial charge in [-0.15, -0.1) is 0 Å². The lowest BCUT2D eigenvalue weighted by Crippen LogP contribution is -2.49. The highest BCUT2D eigenvalue weighted by Crippen LogP contribution is 2.36. The summed E-state index contributed by atoms with van der Waals surface area (Å²) in [6, 6.07) is 0.229. The van der Waals surface area contributed by atoms with Crippen LogP contribution in [0.15, 0.2) is 0 Å². The van der Waals surface area contributed by atoms with E-state index in [9.17, 15) is 13.2 Å². The number of nitrogens with zero attached hydrogens (tertiary/aromatic N) is 1. The van der Waals surface area contributed by atoms with Crippen LogP contribution in [0.1, 0.15) is 19.3 Å². The maximum Gasteiger partial charge on any atom is 0.390 e. The monoisotopic (exact) mass is 222 g/mol. The van der Waals surface area contributed by atoms with Crippen molar-refractivity contribution in [2.24, 2.45) is 17.6 Å². The predicted octanol–water partition coefficient (Wildman–Crippen LogP) is 1.61. The number of fused-ring (bicyclic) bond motifs is 2. The van der Waals surface area contributed by atoms with Crippen LogP contribution in [0.3, 0.4) is 0 Å². The summed E-state index contributed by atoms with van der Waals surface area (Å²) >= 11 is 0. The van der Waals surface area contributed by atoms with E-state index in [1.54, 1.807) is 0 Å². The molecule has 0 amide bonds. The minimum atomic E-state index is -4.03. The molecular weight excluding hydrogens is 205 g/mol. The first kappa shape index (κ1) is 11.2. The molecule has 15 heavy (non-hydrogen) atoms. The minimum absolute atomic E-state index is 0.142. The Kier molecular flexibility index (Phi) is 2.94. The Balaban J connectivity index is 1.82. The van der Waals surface area contributed by atoms with Crippen LogP contribution in [0, 0.1) is 11.8 Å². The first-order valence-corrected chi connectivity index (χ1v) is 5.50. The molecule has 0 spiro atoms. The van der Waals surface area contributed by atoms with E-state index in [4.69, 9.17) is 5.73 Å². The SMILES string of the molecule is NC1C2CCC1CN(CCC(F)(F)F)C2. The van der Waals surface area contributed by atoms with Gasteiger partial charge < -0.3 is 10.6 Å². The highest BCUT2D eigenvalue weighted by molar-refractivity contribution is 4.95. The van der Waals surface area contributed by atoms with E-state index in [1.165, 1.54) is 0 Å². The number of hydrogen-bond donors (Lipinski definition) is 1. The first-order chi connectivity index (χ1) is 6.96. The van der Waals surface area contributed by atoms with Crippen LogP contribution < -0.4 is 5.73 Å². The Morgan fingerprint density at radius 2 is 1.67 bits per heavy atom. The van der Waals surface area contributed by atoms with Crippen LogP contribution in [-0.2, 0) is 0 Å². The van der Waals surface area contributed by atoms with Crippen LogP contribution in [-0.4, -0.2) is 36.8 Å². The molecule has 1 aliphatic carbocycles. The van der Waals surface area contributed by atoms with E-state index in [-0.39, 0.29) is 12.6 Å². The van der Waals surface area contributed by atoms with Crippen LogP contribution in [0.4, 0.5) is 13.2 Å². The summed E-state index contributed by atoms with van der Waals surface area (Å²) in [5, 5.41) is 0. The Hall–Kier alpha value is -0.290. The van der Waals surface area contributed by atoms with Gasteiger partial charge in [-0.1, -0.05) is 0 Å². The summed E-state index contributed by atoms with van der Waals surface area (Å²) in [4.78, 5) is 1.93. The number of piperidine rings is 1. The Morgan fingerprint density at radius 1 is 1.13 bits per heavy atom. The summed E-state index contributed by atoms with van der Waals surface area (Å²) in [6.45, 7) is 1.66. The number of halogens is 3. The fraction of sp³-hybridized carbons (Fsp3) is 1.00. The van der Waals surface area contributed by atoms with Gasteiger partial charge in [0.15, 0.2) is 0 Å². The topological polar surface area (TPSA) is 29.3 Å². The van der Waals surface area contributed by atoms with Crippen molar-refractivity contribution < 1.29 is 13.2 Å². The molecule has 1 saturated heterocycles. The summed E-state index contributed by atoms with van der Waals surface area (Å²) in [5.41, 5.74) is 5.98. The van der Waals surface area contributed by atoms with E-state index in [0.717, 1.165) is 25.9 Å². The third-order valence-electron chi connectivity index (χ3n) is 3.69. The lowest BCUT2D eigenvalue weighted by atomic mass is 9.93. The van der Waals surface area contributed by atoms with Gasteiger partial charge in [-0.2, -0.15) is 13.2 Å². The highest BCUT2D eigenvalue weighted by atomic mass is 19.4. The second kappa shape index (κ2) is 3.94. The number of hydrogen-bond acceptors (Lipinski definition) is 2. The van der Waals surface area contributed by atoms with Gasteiger partial charge in [-0.3, -0.25) is 0 Å². The molecule has 2 aliphatic rings. The largest absolute Gasteiger partial charge is 0.390 e. The first-order valence-electron chi connectivity index (χ1n) is 5.50. The van der Waals surface area contributed by atoms with E-state index in [1.807, 2.05) is 4.90 Å². The average molecular weight is 222 g/mol. The molecule has 2 nitrogen and oxygen atoms in total. The van der Waals surface area contributed by atoms with E-state index < -0.39 is 12.6 Å². The third-order valence-corrected chi connectivity index (χ3v) is 3.69. The zero-order chi connectivity index (χ0) is 11.1. The smallest absolute Gasteiger partial charge is 0.327 e. The molecule has 0 aromatic carbocycles. The molecule has 1 heterocycles. The number of rotatable bonds is 2. The Morgan fingerprint density at radius 3 is 2.13 bits per heavy atom. The highest BCUT2D eigenvalue weighted by Gasteiger charge is 2.40. The molecule has 2 atom stereocenters. The minimum Gasteiger partial charge on any atom is -0.327 e. The molecule has 88 valence electrons.